The third-order valence-electron chi connectivity index (χ3n) is 6.39. The number of carbonyl (C=O) groups is 3. The van der Waals surface area contributed by atoms with Gasteiger partial charge in [-0.15, -0.1) is 0 Å². The van der Waals surface area contributed by atoms with Crippen molar-refractivity contribution in [1.29, 1.82) is 0 Å². The zero-order valence-corrected chi connectivity index (χ0v) is 21.2. The molecule has 0 aromatic heterocycles. The van der Waals surface area contributed by atoms with Crippen molar-refractivity contribution in [2.75, 3.05) is 13.7 Å². The lowest BCUT2D eigenvalue weighted by atomic mass is 9.92. The van der Waals surface area contributed by atoms with Crippen LogP contribution < -0.4 is 16.0 Å². The first kappa shape index (κ1) is 29.1. The molecule has 0 aromatic carbocycles. The smallest absolute Gasteiger partial charge is 0.242 e. The molecule has 0 aromatic rings. The molecule has 0 bridgehead atoms. The molecule has 7 nitrogen and oxygen atoms in total. The molecular weight excluding hydrogens is 418 g/mol. The van der Waals surface area contributed by atoms with Crippen LogP contribution in [-0.4, -0.2) is 48.6 Å². The van der Waals surface area contributed by atoms with Gasteiger partial charge in [0.1, 0.15) is 6.04 Å². The van der Waals surface area contributed by atoms with Gasteiger partial charge in [0.05, 0.1) is 12.6 Å². The molecule has 1 aliphatic heterocycles. The SMILES string of the molecule is CCCCCCCC1CC/C=C\CC(C(=O)NC)C[C@@H](CO)NC(=O)[C@H](CC(C)C)NC1=O. The zero-order chi connectivity index (χ0) is 24.6. The van der Waals surface area contributed by atoms with Crippen LogP contribution in [0.25, 0.3) is 0 Å². The van der Waals surface area contributed by atoms with Crippen LogP contribution in [0.4, 0.5) is 0 Å². The largest absolute Gasteiger partial charge is 0.394 e. The average molecular weight is 466 g/mol. The van der Waals surface area contributed by atoms with Gasteiger partial charge in [-0.1, -0.05) is 65.0 Å². The van der Waals surface area contributed by atoms with E-state index in [2.05, 4.69) is 29.0 Å². The molecule has 4 N–H and O–H groups in total. The van der Waals surface area contributed by atoms with Crippen molar-refractivity contribution in [3.63, 3.8) is 0 Å². The summed E-state index contributed by atoms with van der Waals surface area (Å²) < 4.78 is 0. The van der Waals surface area contributed by atoms with Crippen molar-refractivity contribution in [2.24, 2.45) is 17.8 Å². The van der Waals surface area contributed by atoms with Crippen molar-refractivity contribution < 1.29 is 19.5 Å². The molecule has 0 aliphatic carbocycles. The number of nitrogens with one attached hydrogen (secondary N) is 3. The second-order valence-electron chi connectivity index (χ2n) is 9.81. The van der Waals surface area contributed by atoms with Gasteiger partial charge in [0.25, 0.3) is 0 Å². The van der Waals surface area contributed by atoms with Crippen LogP contribution in [-0.2, 0) is 14.4 Å². The Balaban J connectivity index is 3.04. The van der Waals surface area contributed by atoms with Crippen molar-refractivity contribution >= 4 is 17.7 Å². The van der Waals surface area contributed by atoms with Crippen molar-refractivity contribution in [3.05, 3.63) is 12.2 Å². The maximum Gasteiger partial charge on any atom is 0.242 e. The minimum absolute atomic E-state index is 0.0551. The maximum atomic E-state index is 13.2. The number of carbonyl (C=O) groups excluding carboxylic acids is 3. The summed E-state index contributed by atoms with van der Waals surface area (Å²) in [6, 6.07) is -1.19. The second-order valence-corrected chi connectivity index (χ2v) is 9.81. The minimum atomic E-state index is -0.647. The summed E-state index contributed by atoms with van der Waals surface area (Å²) >= 11 is 0. The van der Waals surface area contributed by atoms with Crippen LogP contribution in [0.5, 0.6) is 0 Å². The molecule has 0 saturated heterocycles. The van der Waals surface area contributed by atoms with Gasteiger partial charge in [-0.05, 0) is 44.4 Å². The minimum Gasteiger partial charge on any atom is -0.394 e. The lowest BCUT2D eigenvalue weighted by Crippen LogP contribution is -2.52. The van der Waals surface area contributed by atoms with Gasteiger partial charge >= 0.3 is 0 Å². The number of allylic oxidation sites excluding steroid dienone is 2. The summed E-state index contributed by atoms with van der Waals surface area (Å²) in [6.07, 6.45) is 13.5. The second kappa shape index (κ2) is 16.7. The van der Waals surface area contributed by atoms with Crippen LogP contribution in [0.2, 0.25) is 0 Å². The highest BCUT2D eigenvalue weighted by molar-refractivity contribution is 5.88. The molecule has 0 radical (unpaired) electrons. The van der Waals surface area contributed by atoms with Crippen LogP contribution in [0.1, 0.15) is 91.4 Å². The molecular formula is C26H47N3O4. The Labute approximate surface area is 200 Å². The van der Waals surface area contributed by atoms with E-state index in [-0.39, 0.29) is 42.1 Å². The molecule has 1 aliphatic rings. The first-order valence-corrected chi connectivity index (χ1v) is 12.9. The first-order valence-electron chi connectivity index (χ1n) is 12.9. The van der Waals surface area contributed by atoms with Crippen molar-refractivity contribution in [3.8, 4) is 0 Å². The molecule has 4 atom stereocenters. The molecule has 33 heavy (non-hydrogen) atoms. The summed E-state index contributed by atoms with van der Waals surface area (Å²) in [5, 5.41) is 18.4. The molecule has 1 rings (SSSR count). The highest BCUT2D eigenvalue weighted by Gasteiger charge is 2.29. The Morgan fingerprint density at radius 3 is 2.48 bits per heavy atom. The summed E-state index contributed by atoms with van der Waals surface area (Å²) in [7, 11) is 1.60. The van der Waals surface area contributed by atoms with E-state index in [4.69, 9.17) is 0 Å². The predicted molar refractivity (Wildman–Crippen MR) is 132 cm³/mol. The fourth-order valence-electron chi connectivity index (χ4n) is 4.41. The van der Waals surface area contributed by atoms with Gasteiger partial charge in [0, 0.05) is 18.9 Å². The first-order chi connectivity index (χ1) is 15.8. The van der Waals surface area contributed by atoms with E-state index >= 15 is 0 Å². The Morgan fingerprint density at radius 2 is 1.85 bits per heavy atom. The Morgan fingerprint density at radius 1 is 1.12 bits per heavy atom. The van der Waals surface area contributed by atoms with E-state index in [1.54, 1.807) is 7.05 Å². The fraction of sp³-hybridized carbons (Fsp3) is 0.808. The van der Waals surface area contributed by atoms with Gasteiger partial charge in [-0.2, -0.15) is 0 Å². The number of aliphatic hydroxyl groups is 1. The van der Waals surface area contributed by atoms with Gasteiger partial charge in [0.2, 0.25) is 17.7 Å². The lowest BCUT2D eigenvalue weighted by Gasteiger charge is -2.27. The number of aliphatic hydroxyl groups excluding tert-OH is 1. The third-order valence-corrected chi connectivity index (χ3v) is 6.39. The van der Waals surface area contributed by atoms with Gasteiger partial charge < -0.3 is 21.1 Å². The van der Waals surface area contributed by atoms with Gasteiger partial charge in [-0.3, -0.25) is 14.4 Å². The topological polar surface area (TPSA) is 108 Å². The normalized spacial score (nSPS) is 26.2. The molecule has 190 valence electrons. The van der Waals surface area contributed by atoms with E-state index in [0.717, 1.165) is 32.1 Å². The molecule has 0 saturated carbocycles. The Bertz CT molecular complexity index is 621. The van der Waals surface area contributed by atoms with E-state index in [9.17, 15) is 19.5 Å². The highest BCUT2D eigenvalue weighted by Crippen LogP contribution is 2.20. The lowest BCUT2D eigenvalue weighted by molar-refractivity contribution is -0.132. The van der Waals surface area contributed by atoms with Crippen LogP contribution >= 0.6 is 0 Å². The number of amides is 3. The summed E-state index contributed by atoms with van der Waals surface area (Å²) in [5.41, 5.74) is 0. The molecule has 3 amide bonds. The molecule has 1 heterocycles. The fourth-order valence-corrected chi connectivity index (χ4v) is 4.41. The monoisotopic (exact) mass is 465 g/mol. The molecule has 2 unspecified atom stereocenters. The predicted octanol–water partition coefficient (Wildman–Crippen LogP) is 3.46. The summed E-state index contributed by atoms with van der Waals surface area (Å²) in [4.78, 5) is 38.6. The van der Waals surface area contributed by atoms with Crippen LogP contribution in [0.3, 0.4) is 0 Å². The molecule has 0 fully saturated rings. The highest BCUT2D eigenvalue weighted by atomic mass is 16.3. The Kier molecular flexibility index (Phi) is 14.7. The summed E-state index contributed by atoms with van der Waals surface area (Å²) in [5.74, 6) is -0.691. The molecule has 0 spiro atoms. The van der Waals surface area contributed by atoms with E-state index in [1.165, 1.54) is 19.3 Å². The van der Waals surface area contributed by atoms with E-state index < -0.39 is 12.1 Å². The maximum absolute atomic E-state index is 13.2. The van der Waals surface area contributed by atoms with Gasteiger partial charge in [0.15, 0.2) is 0 Å². The van der Waals surface area contributed by atoms with Crippen molar-refractivity contribution in [2.45, 2.75) is 103 Å². The van der Waals surface area contributed by atoms with E-state index in [1.807, 2.05) is 19.9 Å². The van der Waals surface area contributed by atoms with Crippen LogP contribution in [0, 0.1) is 17.8 Å². The number of hydrogen-bond acceptors (Lipinski definition) is 4. The zero-order valence-electron chi connectivity index (χ0n) is 21.2. The van der Waals surface area contributed by atoms with Crippen molar-refractivity contribution in [1.82, 2.24) is 16.0 Å². The van der Waals surface area contributed by atoms with Crippen LogP contribution in [0.15, 0.2) is 12.2 Å². The average Bonchev–Trinajstić information content (AvgIpc) is 2.78. The quantitative estimate of drug-likeness (QED) is 0.293. The van der Waals surface area contributed by atoms with E-state index in [0.29, 0.717) is 19.3 Å². The number of unbranched alkanes of at least 4 members (excludes halogenated alkanes) is 4. The third kappa shape index (κ3) is 11.7. The Hall–Kier alpha value is -1.89. The number of rotatable bonds is 10. The van der Waals surface area contributed by atoms with Gasteiger partial charge in [-0.25, -0.2) is 0 Å². The summed E-state index contributed by atoms with van der Waals surface area (Å²) in [6.45, 7) is 5.97. The molecule has 7 heteroatoms. The number of hydrogen-bond donors (Lipinski definition) is 4. The standard InChI is InChI=1S/C26H47N3O4/c1-5-6-7-8-10-13-20-14-11-9-12-15-21(24(31)27-4)17-22(18-30)28-26(33)23(16-19(2)3)29-25(20)32/h9,12,19-23,30H,5-8,10-11,13-18H2,1-4H3,(H,27,31)(H,28,33)(H,29,32)/b12-9-/t20?,21?,22-,23-/m0/s1.